The first-order valence-corrected chi connectivity index (χ1v) is 8.14. The van der Waals surface area contributed by atoms with Gasteiger partial charge in [-0.1, -0.05) is 0 Å². The van der Waals surface area contributed by atoms with Gasteiger partial charge in [0.15, 0.2) is 0 Å². The molecule has 2 heterocycles. The van der Waals surface area contributed by atoms with Crippen LogP contribution in [0.1, 0.15) is 12.8 Å². The third-order valence-electron chi connectivity index (χ3n) is 3.60. The molecule has 0 bridgehead atoms. The molecule has 2 saturated heterocycles. The molecule has 1 atom stereocenters. The molecule has 0 aromatic carbocycles. The van der Waals surface area contributed by atoms with Crippen LogP contribution in [-0.4, -0.2) is 74.7 Å². The molecule has 2 fully saturated rings. The molecule has 0 aliphatic carbocycles. The maximum absolute atomic E-state index is 12.2. The molecule has 8 nitrogen and oxygen atoms in total. The zero-order valence-corrected chi connectivity index (χ0v) is 12.2. The van der Waals surface area contributed by atoms with E-state index in [-0.39, 0.29) is 30.7 Å². The lowest BCUT2D eigenvalue weighted by Crippen LogP contribution is -2.54. The number of carbonyl (C=O) groups is 2. The summed E-state index contributed by atoms with van der Waals surface area (Å²) >= 11 is 0. The molecule has 2 aliphatic rings. The Balaban J connectivity index is 1.87. The van der Waals surface area contributed by atoms with Crippen LogP contribution in [0.25, 0.3) is 0 Å². The van der Waals surface area contributed by atoms with Crippen LogP contribution in [-0.2, 0) is 19.6 Å². The molecule has 2 aliphatic heterocycles. The van der Waals surface area contributed by atoms with E-state index < -0.39 is 16.0 Å². The van der Waals surface area contributed by atoms with E-state index in [0.717, 1.165) is 0 Å². The number of sulfonamides is 1. The van der Waals surface area contributed by atoms with Gasteiger partial charge in [0.25, 0.3) is 0 Å². The van der Waals surface area contributed by atoms with Crippen molar-refractivity contribution >= 4 is 22.0 Å². The van der Waals surface area contributed by atoms with E-state index in [4.69, 9.17) is 0 Å². The van der Waals surface area contributed by atoms with Crippen molar-refractivity contribution in [3.05, 3.63) is 0 Å². The van der Waals surface area contributed by atoms with Crippen LogP contribution in [0.3, 0.4) is 0 Å². The number of methoxy groups -OCH3 is 1. The Kier molecular flexibility index (Phi) is 4.48. The highest BCUT2D eigenvalue weighted by molar-refractivity contribution is 7.89. The van der Waals surface area contributed by atoms with Crippen molar-refractivity contribution in [2.24, 2.45) is 0 Å². The Hall–Kier alpha value is -1.35. The number of hydrogen-bond acceptors (Lipinski definition) is 5. The topological polar surface area (TPSA) is 96.0 Å². The number of amides is 2. The Bertz CT molecular complexity index is 492. The summed E-state index contributed by atoms with van der Waals surface area (Å²) in [6.07, 6.45) is 0.343. The molecule has 20 heavy (non-hydrogen) atoms. The molecule has 0 radical (unpaired) electrons. The predicted octanol–water partition coefficient (Wildman–Crippen LogP) is -1.02. The first kappa shape index (κ1) is 15.0. The van der Waals surface area contributed by atoms with Crippen molar-refractivity contribution in [1.82, 2.24) is 14.5 Å². The normalized spacial score (nSPS) is 23.4. The number of carbonyl (C=O) groups excluding carboxylic acids is 2. The first-order chi connectivity index (χ1) is 9.44. The van der Waals surface area contributed by atoms with Crippen LogP contribution >= 0.6 is 0 Å². The van der Waals surface area contributed by atoms with E-state index >= 15 is 0 Å². The lowest BCUT2D eigenvalue weighted by atomic mass is 10.2. The van der Waals surface area contributed by atoms with Gasteiger partial charge in [0.05, 0.1) is 18.9 Å². The van der Waals surface area contributed by atoms with Crippen molar-refractivity contribution in [1.29, 1.82) is 0 Å². The highest BCUT2D eigenvalue weighted by Gasteiger charge is 2.38. The van der Waals surface area contributed by atoms with Crippen LogP contribution < -0.4 is 5.32 Å². The van der Waals surface area contributed by atoms with Crippen LogP contribution in [0.5, 0.6) is 0 Å². The Labute approximate surface area is 118 Å². The standard InChI is InChI=1S/C11H19N3O5S/c1-19-10(15)3-2-6-20(17,18)13-4-5-14-9(8-13)7-12-11(14)16/h9H,2-8H2,1H3,(H,12,16). The fourth-order valence-electron chi connectivity index (χ4n) is 2.46. The summed E-state index contributed by atoms with van der Waals surface area (Å²) in [6.45, 7) is 1.52. The predicted molar refractivity (Wildman–Crippen MR) is 70.5 cm³/mol. The molecule has 1 unspecified atom stereocenters. The Morgan fingerprint density at radius 1 is 1.45 bits per heavy atom. The first-order valence-electron chi connectivity index (χ1n) is 6.53. The smallest absolute Gasteiger partial charge is 0.317 e. The average molecular weight is 305 g/mol. The zero-order chi connectivity index (χ0) is 14.8. The Morgan fingerprint density at radius 2 is 2.20 bits per heavy atom. The molecular formula is C11H19N3O5S. The number of piperazine rings is 1. The molecule has 0 spiro atoms. The number of fused-ring (bicyclic) bond motifs is 1. The summed E-state index contributed by atoms with van der Waals surface area (Å²) in [5, 5.41) is 2.70. The lowest BCUT2D eigenvalue weighted by Gasteiger charge is -2.35. The number of rotatable bonds is 5. The number of urea groups is 1. The molecule has 1 N–H and O–H groups in total. The minimum atomic E-state index is -3.38. The van der Waals surface area contributed by atoms with Gasteiger partial charge in [0.1, 0.15) is 0 Å². The third kappa shape index (κ3) is 3.21. The quantitative estimate of drug-likeness (QED) is 0.656. The van der Waals surface area contributed by atoms with Crippen molar-refractivity contribution in [3.8, 4) is 0 Å². The summed E-state index contributed by atoms with van der Waals surface area (Å²) in [6, 6.07) is -0.218. The zero-order valence-electron chi connectivity index (χ0n) is 11.4. The number of ether oxygens (including phenoxy) is 1. The van der Waals surface area contributed by atoms with Gasteiger partial charge in [0.2, 0.25) is 10.0 Å². The second kappa shape index (κ2) is 5.96. The van der Waals surface area contributed by atoms with Crippen molar-refractivity contribution in [3.63, 3.8) is 0 Å². The second-order valence-corrected chi connectivity index (χ2v) is 6.98. The maximum Gasteiger partial charge on any atom is 0.317 e. The van der Waals surface area contributed by atoms with Gasteiger partial charge in [-0.2, -0.15) is 4.31 Å². The molecule has 9 heteroatoms. The number of hydrogen-bond donors (Lipinski definition) is 1. The Morgan fingerprint density at radius 3 is 2.90 bits per heavy atom. The van der Waals surface area contributed by atoms with Crippen molar-refractivity contribution < 1.29 is 22.7 Å². The average Bonchev–Trinajstić information content (AvgIpc) is 2.79. The highest BCUT2D eigenvalue weighted by atomic mass is 32.2. The van der Waals surface area contributed by atoms with Crippen molar-refractivity contribution in [2.75, 3.05) is 39.0 Å². The minimum absolute atomic E-state index is 0.0732. The fourth-order valence-corrected chi connectivity index (χ4v) is 3.98. The molecule has 0 aromatic heterocycles. The van der Waals surface area contributed by atoms with E-state index in [0.29, 0.717) is 26.2 Å². The minimum Gasteiger partial charge on any atom is -0.469 e. The fraction of sp³-hybridized carbons (Fsp3) is 0.818. The van der Waals surface area contributed by atoms with Crippen LogP contribution in [0.4, 0.5) is 4.79 Å². The maximum atomic E-state index is 12.2. The number of nitrogens with zero attached hydrogens (tertiary/aromatic N) is 2. The van der Waals surface area contributed by atoms with Gasteiger partial charge in [-0.05, 0) is 6.42 Å². The van der Waals surface area contributed by atoms with Gasteiger partial charge in [0, 0.05) is 32.6 Å². The SMILES string of the molecule is COC(=O)CCCS(=O)(=O)N1CCN2C(=O)NCC2C1. The third-order valence-corrected chi connectivity index (χ3v) is 5.52. The summed E-state index contributed by atoms with van der Waals surface area (Å²) in [7, 11) is -2.11. The van der Waals surface area contributed by atoms with E-state index in [1.165, 1.54) is 11.4 Å². The van der Waals surface area contributed by atoms with E-state index in [2.05, 4.69) is 10.1 Å². The van der Waals surface area contributed by atoms with Crippen LogP contribution in [0.2, 0.25) is 0 Å². The van der Waals surface area contributed by atoms with Gasteiger partial charge in [-0.15, -0.1) is 0 Å². The van der Waals surface area contributed by atoms with Crippen LogP contribution in [0.15, 0.2) is 0 Å². The largest absolute Gasteiger partial charge is 0.469 e. The van der Waals surface area contributed by atoms with E-state index in [1.807, 2.05) is 0 Å². The van der Waals surface area contributed by atoms with Gasteiger partial charge < -0.3 is 15.0 Å². The number of nitrogens with one attached hydrogen (secondary N) is 1. The summed E-state index contributed by atoms with van der Waals surface area (Å²) in [4.78, 5) is 24.1. The van der Waals surface area contributed by atoms with Crippen molar-refractivity contribution in [2.45, 2.75) is 18.9 Å². The molecule has 114 valence electrons. The molecule has 0 aromatic rings. The van der Waals surface area contributed by atoms with Gasteiger partial charge >= 0.3 is 12.0 Å². The summed E-state index contributed by atoms with van der Waals surface area (Å²) < 4.78 is 30.2. The molecule has 2 rings (SSSR count). The van der Waals surface area contributed by atoms with Crippen LogP contribution in [0, 0.1) is 0 Å². The van der Waals surface area contributed by atoms with E-state index in [1.54, 1.807) is 4.90 Å². The van der Waals surface area contributed by atoms with E-state index in [9.17, 15) is 18.0 Å². The second-order valence-electron chi connectivity index (χ2n) is 4.89. The number of esters is 1. The van der Waals surface area contributed by atoms with Gasteiger partial charge in [-0.3, -0.25) is 4.79 Å². The summed E-state index contributed by atoms with van der Waals surface area (Å²) in [5.41, 5.74) is 0. The highest BCUT2D eigenvalue weighted by Crippen LogP contribution is 2.17. The molecule has 0 saturated carbocycles. The molecule has 2 amide bonds. The monoisotopic (exact) mass is 305 g/mol. The lowest BCUT2D eigenvalue weighted by molar-refractivity contribution is -0.140. The van der Waals surface area contributed by atoms with Gasteiger partial charge in [-0.25, -0.2) is 13.2 Å². The molecular weight excluding hydrogens is 286 g/mol. The summed E-state index contributed by atoms with van der Waals surface area (Å²) in [5.74, 6) is -0.480.